The molecule has 0 saturated carbocycles. The van der Waals surface area contributed by atoms with Crippen molar-refractivity contribution >= 4 is 40.9 Å². The number of allylic oxidation sites excluding steroid dienone is 2. The number of hydrogen-bond donors (Lipinski definition) is 1. The van der Waals surface area contributed by atoms with Crippen molar-refractivity contribution in [2.75, 3.05) is 4.90 Å². The molecule has 8 aromatic rings. The predicted octanol–water partition coefficient (Wildman–Crippen LogP) is 14.6. The van der Waals surface area contributed by atoms with Gasteiger partial charge in [0.05, 0.1) is 22.7 Å². The second-order valence-electron chi connectivity index (χ2n) is 23.9. The van der Waals surface area contributed by atoms with E-state index in [1.807, 2.05) is 12.3 Å². The summed E-state index contributed by atoms with van der Waals surface area (Å²) in [5.41, 5.74) is 14.7. The van der Waals surface area contributed by atoms with E-state index in [0.717, 1.165) is 90.0 Å². The molecule has 0 aliphatic carbocycles. The van der Waals surface area contributed by atoms with E-state index in [-0.39, 0.29) is 48.5 Å². The molecule has 0 radical (unpaired) electrons. The molecule has 1 N–H and O–H groups in total. The van der Waals surface area contributed by atoms with E-state index in [9.17, 15) is 5.11 Å². The van der Waals surface area contributed by atoms with Gasteiger partial charge in [0.25, 0.3) is 0 Å². The zero-order valence-corrected chi connectivity index (χ0v) is 46.9. The van der Waals surface area contributed by atoms with Crippen LogP contribution in [0, 0.1) is 6.07 Å². The summed E-state index contributed by atoms with van der Waals surface area (Å²) in [5.74, 6) is 3.29. The quantitative estimate of drug-likeness (QED) is 0.133. The smallest absolute Gasteiger partial charge is 0.339 e. The van der Waals surface area contributed by atoms with Crippen molar-refractivity contribution in [3.05, 3.63) is 198 Å². The second-order valence-corrected chi connectivity index (χ2v) is 23.9. The molecule has 0 atom stereocenters. The molecule has 0 saturated heterocycles. The second kappa shape index (κ2) is 18.4. The van der Waals surface area contributed by atoms with Gasteiger partial charge in [-0.3, -0.25) is 4.57 Å². The average molecular weight is 1150 g/mol. The van der Waals surface area contributed by atoms with Gasteiger partial charge in [0.2, 0.25) is 0 Å². The fourth-order valence-electron chi connectivity index (χ4n) is 10.6. The summed E-state index contributed by atoms with van der Waals surface area (Å²) in [7, 11) is 0. The van der Waals surface area contributed by atoms with Crippen molar-refractivity contribution in [3.8, 4) is 56.3 Å². The van der Waals surface area contributed by atoms with E-state index < -0.39 is 6.85 Å². The Morgan fingerprint density at radius 1 is 0.595 bits per heavy atom. The van der Waals surface area contributed by atoms with Gasteiger partial charge in [-0.2, -0.15) is 0 Å². The van der Waals surface area contributed by atoms with Crippen molar-refractivity contribution in [2.45, 2.75) is 105 Å². The van der Waals surface area contributed by atoms with Crippen LogP contribution in [0.5, 0.6) is 5.75 Å². The van der Waals surface area contributed by atoms with Crippen LogP contribution < -0.4 is 16.0 Å². The number of phenolic OH excluding ortho intramolecular Hbond substituents is 1. The number of hydrogen-bond acceptors (Lipinski definition) is 6. The monoisotopic (exact) mass is 1150 g/mol. The van der Waals surface area contributed by atoms with Crippen LogP contribution in [0.25, 0.3) is 50.6 Å². The molecule has 0 unspecified atom stereocenters. The van der Waals surface area contributed by atoms with E-state index in [1.165, 1.54) is 5.56 Å². The number of imidazole rings is 1. The topological polar surface area (TPSA) is 69.8 Å². The van der Waals surface area contributed by atoms with Crippen LogP contribution in [-0.2, 0) is 42.7 Å². The molecule has 6 aromatic carbocycles. The zero-order chi connectivity index (χ0) is 51.4. The van der Waals surface area contributed by atoms with Gasteiger partial charge in [0.1, 0.15) is 17.4 Å². The fraction of sp³-hybridized carbons (Fsp3) is 0.246. The van der Waals surface area contributed by atoms with Crippen molar-refractivity contribution < 1.29 is 26.2 Å². The normalized spacial score (nSPS) is 14.2. The molecular formula is C65H64BN6OPt-. The van der Waals surface area contributed by atoms with Gasteiger partial charge < -0.3 is 19.8 Å². The number of amidine groups is 1. The molecule has 11 rings (SSSR count). The Kier molecular flexibility index (Phi) is 12.6. The number of fused-ring (bicyclic) bond motifs is 4. The van der Waals surface area contributed by atoms with E-state index in [1.54, 1.807) is 0 Å². The van der Waals surface area contributed by atoms with Gasteiger partial charge in [-0.1, -0.05) is 186 Å². The molecule has 0 bridgehead atoms. The third-order valence-electron chi connectivity index (χ3n) is 14.6. The summed E-state index contributed by atoms with van der Waals surface area (Å²) in [6.07, 6.45) is 8.33. The van der Waals surface area contributed by atoms with Crippen LogP contribution in [0.15, 0.2) is 175 Å². The number of aliphatic imine (C=N–C) groups is 1. The van der Waals surface area contributed by atoms with Crippen molar-refractivity contribution in [3.63, 3.8) is 0 Å². The molecule has 374 valence electrons. The SMILES string of the molecule is CC(C)(C)c1ccc(-n2c(-c3cc(C(C)(C)C)cc(C(C)(C)C)c3O)nc3c2N=C2C=CC=C4N2B3c2[c-]c(-c3cc(-c5ccccc5)ccn3)cc(C(C)(C)C)c2N4c2ccccc2)c(-c2ccccc2)c1.[Pt]. The minimum atomic E-state index is -0.490. The number of anilines is 2. The maximum absolute atomic E-state index is 12.9. The van der Waals surface area contributed by atoms with Crippen molar-refractivity contribution in [1.82, 2.24) is 19.3 Å². The summed E-state index contributed by atoms with van der Waals surface area (Å²) in [5, 5.41) is 12.9. The number of nitrogens with zero attached hydrogens (tertiary/aromatic N) is 6. The number of pyridine rings is 1. The Morgan fingerprint density at radius 2 is 1.22 bits per heavy atom. The third kappa shape index (κ3) is 8.79. The predicted molar refractivity (Wildman–Crippen MR) is 305 cm³/mol. The number of benzene rings is 6. The summed E-state index contributed by atoms with van der Waals surface area (Å²) < 4.78 is 2.23. The maximum atomic E-state index is 12.9. The summed E-state index contributed by atoms with van der Waals surface area (Å²) in [6, 6.07) is 53.5. The first kappa shape index (κ1) is 50.5. The van der Waals surface area contributed by atoms with Crippen LogP contribution in [0.1, 0.15) is 105 Å². The Morgan fingerprint density at radius 3 is 1.85 bits per heavy atom. The molecule has 74 heavy (non-hydrogen) atoms. The van der Waals surface area contributed by atoms with Crippen LogP contribution in [-0.4, -0.2) is 37.1 Å². The molecule has 5 heterocycles. The summed E-state index contributed by atoms with van der Waals surface area (Å²) >= 11 is 0. The minimum absolute atomic E-state index is 0. The maximum Gasteiger partial charge on any atom is 0.339 e. The van der Waals surface area contributed by atoms with Crippen LogP contribution in [0.2, 0.25) is 0 Å². The standard InChI is InChI=1S/C65H64BN6O.Pt/c1-62(2,3)45-31-32-54(48(38-45)42-25-18-14-19-26-42)71-60(49-39-46(63(4,5)6)40-51(58(49)73)65(10,11)12)69-59-61(71)68-55-29-22-30-56-70(47-27-20-15-21-28-47)57-50(64(7,8)9)35-44(36-52(57)66(59)72(55)56)53-37-43(33-34-67-53)41-23-16-13-17-24-41;/h13-35,37-40,73H,1-12H3;/q-1;. The molecule has 0 amide bonds. The summed E-state index contributed by atoms with van der Waals surface area (Å²) in [4.78, 5) is 21.4. The molecule has 0 spiro atoms. The number of aromatic nitrogens is 3. The van der Waals surface area contributed by atoms with Gasteiger partial charge in [-0.05, 0) is 109 Å². The van der Waals surface area contributed by atoms with Gasteiger partial charge >= 0.3 is 6.85 Å². The number of rotatable bonds is 6. The number of para-hydroxylation sites is 1. The van der Waals surface area contributed by atoms with E-state index in [2.05, 4.69) is 255 Å². The molecule has 9 heteroatoms. The summed E-state index contributed by atoms with van der Waals surface area (Å²) in [6.45, 7) is 26.4. The van der Waals surface area contributed by atoms with Gasteiger partial charge in [-0.25, -0.2) is 9.98 Å². The first-order valence-electron chi connectivity index (χ1n) is 25.6. The number of phenols is 1. The van der Waals surface area contributed by atoms with Crippen molar-refractivity contribution in [1.29, 1.82) is 0 Å². The Hall–Kier alpha value is -7.02. The molecule has 3 aliphatic rings. The molecule has 3 aliphatic heterocycles. The van der Waals surface area contributed by atoms with Crippen LogP contribution in [0.4, 0.5) is 17.2 Å². The largest absolute Gasteiger partial charge is 0.507 e. The Balaban J connectivity index is 0.00000626. The molecule has 7 nitrogen and oxygen atoms in total. The van der Waals surface area contributed by atoms with Gasteiger partial charge in [0.15, 0.2) is 5.82 Å². The zero-order valence-electron chi connectivity index (χ0n) is 44.6. The van der Waals surface area contributed by atoms with Crippen LogP contribution in [0.3, 0.4) is 0 Å². The molecular weight excluding hydrogens is 1090 g/mol. The Bertz CT molecular complexity index is 3570. The van der Waals surface area contributed by atoms with Gasteiger partial charge in [0, 0.05) is 44.1 Å². The average Bonchev–Trinajstić information content (AvgIpc) is 3.74. The minimum Gasteiger partial charge on any atom is -0.507 e. The molecule has 0 fully saturated rings. The molecule has 2 aromatic heterocycles. The van der Waals surface area contributed by atoms with Gasteiger partial charge in [-0.15, -0.1) is 28.7 Å². The van der Waals surface area contributed by atoms with Crippen molar-refractivity contribution in [2.24, 2.45) is 4.99 Å². The fourth-order valence-corrected chi connectivity index (χ4v) is 10.6. The first-order chi connectivity index (χ1) is 34.7. The Labute approximate surface area is 452 Å². The number of aromatic hydroxyl groups is 1. The van der Waals surface area contributed by atoms with E-state index >= 15 is 0 Å². The first-order valence-corrected chi connectivity index (χ1v) is 25.6. The van der Waals surface area contributed by atoms with E-state index in [0.29, 0.717) is 17.2 Å². The third-order valence-corrected chi connectivity index (χ3v) is 14.6. The van der Waals surface area contributed by atoms with E-state index in [4.69, 9.17) is 15.0 Å². The van der Waals surface area contributed by atoms with Crippen LogP contribution >= 0.6 is 0 Å².